The highest BCUT2D eigenvalue weighted by Crippen LogP contribution is 2.48. The first-order valence-electron chi connectivity index (χ1n) is 17.4. The third-order valence-corrected chi connectivity index (χ3v) is 9.04. The third-order valence-electron chi connectivity index (χ3n) is 9.04. The van der Waals surface area contributed by atoms with Crippen LogP contribution in [0.2, 0.25) is 0 Å². The lowest BCUT2D eigenvalue weighted by molar-refractivity contribution is 0.264. The zero-order chi connectivity index (χ0) is 29.6. The normalized spacial score (nSPS) is 12.0. The van der Waals surface area contributed by atoms with Gasteiger partial charge in [-0.05, 0) is 37.1 Å². The molecule has 0 atom stereocenters. The van der Waals surface area contributed by atoms with Gasteiger partial charge in [0.25, 0.3) is 0 Å². The van der Waals surface area contributed by atoms with Crippen molar-refractivity contribution in [3.8, 4) is 11.5 Å². The SMILES string of the molecule is CCCCCCCCCCCCOc1c(OCCCCCCCCCCCC)c2ccc3c(=O)c(=O)c4ccc1c2c43. The van der Waals surface area contributed by atoms with Gasteiger partial charge in [0.05, 0.1) is 13.2 Å². The summed E-state index contributed by atoms with van der Waals surface area (Å²) in [6.07, 6.45) is 25.8. The van der Waals surface area contributed by atoms with Gasteiger partial charge in [0, 0.05) is 32.3 Å². The molecule has 4 aromatic rings. The summed E-state index contributed by atoms with van der Waals surface area (Å²) >= 11 is 0. The van der Waals surface area contributed by atoms with Crippen LogP contribution in [0.1, 0.15) is 142 Å². The van der Waals surface area contributed by atoms with E-state index < -0.39 is 10.9 Å². The smallest absolute Gasteiger partial charge is 0.234 e. The molecule has 4 aromatic carbocycles. The Bertz CT molecular complexity index is 1310. The van der Waals surface area contributed by atoms with Crippen LogP contribution in [-0.4, -0.2) is 13.2 Å². The molecule has 0 amide bonds. The van der Waals surface area contributed by atoms with Crippen molar-refractivity contribution in [2.45, 2.75) is 142 Å². The first-order valence-corrected chi connectivity index (χ1v) is 17.4. The average molecular weight is 575 g/mol. The van der Waals surface area contributed by atoms with Crippen LogP contribution in [0.5, 0.6) is 11.5 Å². The summed E-state index contributed by atoms with van der Waals surface area (Å²) in [5.74, 6) is 1.56. The summed E-state index contributed by atoms with van der Waals surface area (Å²) in [6.45, 7) is 5.84. The van der Waals surface area contributed by atoms with E-state index in [1.165, 1.54) is 116 Å². The highest BCUT2D eigenvalue weighted by Gasteiger charge is 2.24. The lowest BCUT2D eigenvalue weighted by Gasteiger charge is -2.11. The molecule has 0 spiro atoms. The molecular weight excluding hydrogens is 520 g/mol. The Morgan fingerprint density at radius 3 is 1.05 bits per heavy atom. The Kier molecular flexibility index (Phi) is 13.4. The second kappa shape index (κ2) is 17.5. The summed E-state index contributed by atoms with van der Waals surface area (Å²) in [5.41, 5.74) is -0.803. The van der Waals surface area contributed by atoms with Crippen molar-refractivity contribution in [2.75, 3.05) is 13.2 Å². The van der Waals surface area contributed by atoms with Crippen LogP contribution >= 0.6 is 0 Å². The minimum atomic E-state index is -0.402. The lowest BCUT2D eigenvalue weighted by Crippen LogP contribution is -2.16. The Hall–Kier alpha value is -2.62. The van der Waals surface area contributed by atoms with Crippen molar-refractivity contribution in [2.24, 2.45) is 0 Å². The second-order valence-corrected chi connectivity index (χ2v) is 12.4. The molecule has 0 bridgehead atoms. The van der Waals surface area contributed by atoms with E-state index in [4.69, 9.17) is 9.47 Å². The van der Waals surface area contributed by atoms with Gasteiger partial charge in [-0.15, -0.1) is 0 Å². The molecule has 0 radical (unpaired) electrons. The monoisotopic (exact) mass is 574 g/mol. The van der Waals surface area contributed by atoms with Crippen LogP contribution in [0.15, 0.2) is 33.9 Å². The van der Waals surface area contributed by atoms with Crippen LogP contribution in [0.25, 0.3) is 32.3 Å². The second-order valence-electron chi connectivity index (χ2n) is 12.4. The Balaban J connectivity index is 1.33. The average Bonchev–Trinajstić information content (AvgIpc) is 3.44. The Morgan fingerprint density at radius 2 is 0.690 bits per heavy atom. The van der Waals surface area contributed by atoms with Crippen LogP contribution in [0.3, 0.4) is 0 Å². The maximum absolute atomic E-state index is 12.6. The molecule has 230 valence electrons. The van der Waals surface area contributed by atoms with Gasteiger partial charge in [-0.25, -0.2) is 0 Å². The number of hydrogen-bond acceptors (Lipinski definition) is 4. The van der Waals surface area contributed by atoms with Gasteiger partial charge in [-0.2, -0.15) is 0 Å². The summed E-state index contributed by atoms with van der Waals surface area (Å²) in [6, 6.07) is 7.50. The van der Waals surface area contributed by atoms with Crippen molar-refractivity contribution >= 4 is 32.3 Å². The number of hydrogen-bond donors (Lipinski definition) is 0. The van der Waals surface area contributed by atoms with Gasteiger partial charge in [-0.3, -0.25) is 9.59 Å². The van der Waals surface area contributed by atoms with Crippen LogP contribution in [0, 0.1) is 0 Å². The van der Waals surface area contributed by atoms with Crippen molar-refractivity contribution < 1.29 is 9.47 Å². The quantitative estimate of drug-likeness (QED) is 0.0617. The number of benzene rings is 2. The molecule has 0 aliphatic carbocycles. The minimum absolute atomic E-state index is 0.402. The van der Waals surface area contributed by atoms with E-state index in [0.717, 1.165) is 45.9 Å². The standard InChI is InChI=1S/C38H54O4/c1-3-5-7-9-11-13-15-17-19-21-27-41-37-31-25-23-29-33-30(36(40)35(29)39)24-26-32(34(31)33)38(37)42-28-22-20-18-16-14-12-10-8-6-4-2/h23-26H,3-22,27-28H2,1-2H3. The van der Waals surface area contributed by atoms with Crippen molar-refractivity contribution in [1.29, 1.82) is 0 Å². The van der Waals surface area contributed by atoms with Crippen molar-refractivity contribution in [3.63, 3.8) is 0 Å². The predicted octanol–water partition coefficient (Wildman–Crippen LogP) is 10.8. The summed E-state index contributed by atoms with van der Waals surface area (Å²) in [5, 5.41) is 4.66. The topological polar surface area (TPSA) is 52.6 Å². The van der Waals surface area contributed by atoms with Gasteiger partial charge in [0.2, 0.25) is 10.9 Å². The van der Waals surface area contributed by atoms with Gasteiger partial charge in [0.15, 0.2) is 11.5 Å². The first-order chi connectivity index (χ1) is 20.7. The molecule has 4 rings (SSSR count). The number of rotatable bonds is 24. The van der Waals surface area contributed by atoms with E-state index in [9.17, 15) is 9.59 Å². The fraction of sp³-hybridized carbons (Fsp3) is 0.632. The van der Waals surface area contributed by atoms with Crippen molar-refractivity contribution in [3.05, 3.63) is 44.7 Å². The van der Waals surface area contributed by atoms with E-state index in [0.29, 0.717) is 24.0 Å². The van der Waals surface area contributed by atoms with E-state index in [2.05, 4.69) is 13.8 Å². The number of unbranched alkanes of at least 4 members (excludes halogenated alkanes) is 18. The molecular formula is C38H54O4. The van der Waals surface area contributed by atoms with E-state index in [1.807, 2.05) is 12.1 Å². The first kappa shape index (κ1) is 32.3. The van der Waals surface area contributed by atoms with Gasteiger partial charge >= 0.3 is 0 Å². The van der Waals surface area contributed by atoms with Gasteiger partial charge in [0.1, 0.15) is 0 Å². The molecule has 4 nitrogen and oxygen atoms in total. The fourth-order valence-corrected chi connectivity index (χ4v) is 6.56. The predicted molar refractivity (Wildman–Crippen MR) is 180 cm³/mol. The highest BCUT2D eigenvalue weighted by atomic mass is 16.5. The lowest BCUT2D eigenvalue weighted by atomic mass is 10.0. The van der Waals surface area contributed by atoms with Crippen LogP contribution < -0.4 is 20.3 Å². The zero-order valence-electron chi connectivity index (χ0n) is 26.5. The van der Waals surface area contributed by atoms with Crippen LogP contribution in [0.4, 0.5) is 0 Å². The molecule has 0 heterocycles. The molecule has 0 saturated heterocycles. The fourth-order valence-electron chi connectivity index (χ4n) is 6.56. The molecule has 0 fully saturated rings. The molecule has 0 aliphatic heterocycles. The third kappa shape index (κ3) is 8.26. The molecule has 0 aromatic heterocycles. The maximum atomic E-state index is 12.6. The largest absolute Gasteiger partial charge is 0.489 e. The minimum Gasteiger partial charge on any atom is -0.489 e. The van der Waals surface area contributed by atoms with E-state index in [1.54, 1.807) is 12.1 Å². The molecule has 0 aliphatic rings. The highest BCUT2D eigenvalue weighted by molar-refractivity contribution is 6.28. The molecule has 0 unspecified atom stereocenters. The molecule has 42 heavy (non-hydrogen) atoms. The van der Waals surface area contributed by atoms with Crippen LogP contribution in [-0.2, 0) is 0 Å². The van der Waals surface area contributed by atoms with Gasteiger partial charge in [-0.1, -0.05) is 129 Å². The molecule has 4 heteroatoms. The summed E-state index contributed by atoms with van der Waals surface area (Å²) < 4.78 is 12.9. The molecule has 0 saturated carbocycles. The van der Waals surface area contributed by atoms with E-state index >= 15 is 0 Å². The van der Waals surface area contributed by atoms with Crippen molar-refractivity contribution in [1.82, 2.24) is 0 Å². The Morgan fingerprint density at radius 1 is 0.405 bits per heavy atom. The summed E-state index contributed by atoms with van der Waals surface area (Å²) in [4.78, 5) is 25.3. The summed E-state index contributed by atoms with van der Waals surface area (Å²) in [7, 11) is 0. The number of ether oxygens (including phenoxy) is 2. The maximum Gasteiger partial charge on any atom is 0.234 e. The van der Waals surface area contributed by atoms with E-state index in [-0.39, 0.29) is 0 Å². The van der Waals surface area contributed by atoms with Gasteiger partial charge < -0.3 is 9.47 Å². The zero-order valence-corrected chi connectivity index (χ0v) is 26.5. The molecule has 0 N–H and O–H groups in total. The Labute approximate surface area is 253 Å².